The molecule has 110 heavy (non-hydrogen) atoms. The molecule has 8 aromatic rings. The van der Waals surface area contributed by atoms with E-state index in [1.54, 1.807) is 86.6 Å². The molecule has 2 saturated carbocycles. The number of carboxylic acid groups (broad SMARTS) is 4. The van der Waals surface area contributed by atoms with Gasteiger partial charge in [-0.05, 0) is 207 Å². The van der Waals surface area contributed by atoms with Crippen molar-refractivity contribution in [1.29, 1.82) is 0 Å². The molecule has 0 bridgehead atoms. The van der Waals surface area contributed by atoms with Crippen molar-refractivity contribution in [1.82, 2.24) is 8.61 Å². The number of hydrogen-bond acceptors (Lipinski definition) is 14. The Balaban J connectivity index is 0.000000300. The van der Waals surface area contributed by atoms with E-state index in [2.05, 4.69) is 21.3 Å². The van der Waals surface area contributed by atoms with Crippen molar-refractivity contribution in [2.75, 3.05) is 34.4 Å². The van der Waals surface area contributed by atoms with Crippen LogP contribution in [0.1, 0.15) is 161 Å². The second-order valence-electron chi connectivity index (χ2n) is 25.9. The third kappa shape index (κ3) is 23.6. The number of halogens is 6. The first kappa shape index (κ1) is 89.4. The number of rotatable bonds is 26. The monoisotopic (exact) mass is 1610 g/mol. The first-order chi connectivity index (χ1) is 51.1. The van der Waals surface area contributed by atoms with E-state index in [-0.39, 0.29) is 171 Å². The average molecular weight is 1610 g/mol. The molecule has 2 aliphatic carbocycles. The zero-order valence-electron chi connectivity index (χ0n) is 60.1. The maximum Gasteiger partial charge on any atom is 1.00 e. The number of carbonyl (C=O) groups is 8. The number of nitrogens with zero attached hydrogens (tertiary/aromatic N) is 2. The summed E-state index contributed by atoms with van der Waals surface area (Å²) in [7, 11) is -8.25. The fourth-order valence-corrected chi connectivity index (χ4v) is 16.3. The van der Waals surface area contributed by atoms with Crippen LogP contribution in [0.25, 0.3) is 0 Å². The molecule has 22 nitrogen and oxygen atoms in total. The van der Waals surface area contributed by atoms with Crippen LogP contribution in [0.3, 0.4) is 0 Å². The molecule has 0 unspecified atom stereocenters. The zero-order valence-corrected chi connectivity index (χ0v) is 68.0. The third-order valence-electron chi connectivity index (χ3n) is 18.8. The number of aliphatic carboxylic acids is 2. The third-order valence-corrected chi connectivity index (χ3v) is 22.9. The Hall–Kier alpha value is -7.81. The van der Waals surface area contributed by atoms with Gasteiger partial charge >= 0.3 is 127 Å². The van der Waals surface area contributed by atoms with Gasteiger partial charge in [0.15, 0.2) is 0 Å². The number of benzene rings is 8. The van der Waals surface area contributed by atoms with Gasteiger partial charge in [0, 0.05) is 47.7 Å². The summed E-state index contributed by atoms with van der Waals surface area (Å²) in [4.78, 5) is 98.0. The molecule has 2 aliphatic rings. The van der Waals surface area contributed by atoms with Crippen LogP contribution in [-0.2, 0) is 67.7 Å². The SMILES string of the molecule is CCN(C1CCC(C(=O)O)CC1)S(=O)(=O)c1cccc(C(=O)Nc2ccc(C(F)(F)F)cc2C(=O)Nc2ccc(CCc3ccc(C(=O)[O-])cc3)cc2)c1.CCN(C1CCC(C(=O)O)CC1)S(=O)(=O)c1cccc(C(=O)Nc2ccc(C(F)(F)F)cc2C(=O)Nc2ccc(CCc3ccc(C(=O)[O-])cc3)cc2)c1.[K+].[K+]. The van der Waals surface area contributed by atoms with Crippen molar-refractivity contribution in [3.8, 4) is 0 Å². The van der Waals surface area contributed by atoms with E-state index in [9.17, 15) is 102 Å². The molecule has 0 aromatic heterocycles. The average Bonchev–Trinajstić information content (AvgIpc) is 0.792. The number of carbonyl (C=O) groups excluding carboxylic acids is 6. The van der Waals surface area contributed by atoms with Crippen LogP contribution >= 0.6 is 0 Å². The first-order valence-corrected chi connectivity index (χ1v) is 37.2. The number of anilines is 4. The standard InChI is InChI=1S/2C39H38F3N3O8S.2K/c2*1-2-45(31-19-14-27(15-20-31)38(50)51)54(52,53)32-5-3-4-28(22-32)35(46)44-34-21-16-29(39(40,41)42)23-33(34)36(47)43-30-17-10-25(11-18-30)7-6-24-8-12-26(13-9-24)37(48)49;;/h2*3-5,8-13,16-18,21-23,27,31H,2,6-7,14-15,19-20H2,1H3,(H,43,47)(H,44,46)(H,48,49)(H,50,51);;/q;;2*+1/p-2. The number of aryl methyl sites for hydroxylation is 4. The topological polar surface area (TPSA) is 346 Å². The Kier molecular flexibility index (Phi) is 32.2. The Morgan fingerprint density at radius 1 is 0.400 bits per heavy atom. The van der Waals surface area contributed by atoms with Crippen LogP contribution in [0, 0.1) is 11.8 Å². The Labute approximate surface area is 715 Å². The molecule has 0 radical (unpaired) electrons. The molecule has 4 amide bonds. The molecular formula is C78H74F6K2N6O16S2. The second kappa shape index (κ2) is 39.6. The molecule has 0 heterocycles. The Morgan fingerprint density at radius 2 is 0.700 bits per heavy atom. The zero-order chi connectivity index (χ0) is 78.4. The predicted molar refractivity (Wildman–Crippen MR) is 383 cm³/mol. The number of nitrogens with one attached hydrogen (secondary N) is 4. The minimum absolute atomic E-state index is 0. The molecular weight excluding hydrogens is 1530 g/mol. The number of amides is 4. The molecule has 32 heteroatoms. The van der Waals surface area contributed by atoms with Gasteiger partial charge in [-0.15, -0.1) is 0 Å². The minimum Gasteiger partial charge on any atom is -0.545 e. The predicted octanol–water partition coefficient (Wildman–Crippen LogP) is 6.03. The summed E-state index contributed by atoms with van der Waals surface area (Å²) >= 11 is 0. The summed E-state index contributed by atoms with van der Waals surface area (Å²) in [6.07, 6.45) is -4.51. The van der Waals surface area contributed by atoms with E-state index < -0.39 is 126 Å². The molecule has 6 N–H and O–H groups in total. The fraction of sp³-hybridized carbons (Fsp3) is 0.282. The number of alkyl halides is 6. The Morgan fingerprint density at radius 3 is 0.973 bits per heavy atom. The van der Waals surface area contributed by atoms with Gasteiger partial charge in [-0.3, -0.25) is 28.8 Å². The molecule has 0 spiro atoms. The van der Waals surface area contributed by atoms with Gasteiger partial charge < -0.3 is 51.3 Å². The van der Waals surface area contributed by atoms with Crippen molar-refractivity contribution in [2.24, 2.45) is 11.8 Å². The van der Waals surface area contributed by atoms with Gasteiger partial charge in [0.25, 0.3) is 23.6 Å². The smallest absolute Gasteiger partial charge is 0.545 e. The van der Waals surface area contributed by atoms with Gasteiger partial charge in [0.05, 0.1) is 67.2 Å². The minimum atomic E-state index is -4.80. The molecule has 568 valence electrons. The van der Waals surface area contributed by atoms with Crippen LogP contribution in [-0.4, -0.2) is 108 Å². The summed E-state index contributed by atoms with van der Waals surface area (Å²) in [6, 6.07) is 39.7. The molecule has 10 rings (SSSR count). The number of hydrogen-bond donors (Lipinski definition) is 6. The number of aromatic carboxylic acids is 2. The van der Waals surface area contributed by atoms with Crippen molar-refractivity contribution < 1.29 is 205 Å². The van der Waals surface area contributed by atoms with E-state index in [0.717, 1.165) is 46.5 Å². The van der Waals surface area contributed by atoms with Crippen molar-refractivity contribution in [3.05, 3.63) is 249 Å². The van der Waals surface area contributed by atoms with Gasteiger partial charge in [-0.2, -0.15) is 35.0 Å². The summed E-state index contributed by atoms with van der Waals surface area (Å²) < 4.78 is 140. The quantitative estimate of drug-likeness (QED) is 0.0266. The van der Waals surface area contributed by atoms with Gasteiger partial charge in [0.1, 0.15) is 0 Å². The van der Waals surface area contributed by atoms with Crippen LogP contribution in [0.4, 0.5) is 49.1 Å². The largest absolute Gasteiger partial charge is 1.00 e. The van der Waals surface area contributed by atoms with Crippen molar-refractivity contribution in [3.63, 3.8) is 0 Å². The van der Waals surface area contributed by atoms with Gasteiger partial charge in [-0.25, -0.2) is 16.8 Å². The van der Waals surface area contributed by atoms with Crippen LogP contribution in [0.2, 0.25) is 0 Å². The van der Waals surface area contributed by atoms with Crippen molar-refractivity contribution >= 4 is 90.3 Å². The van der Waals surface area contributed by atoms with Gasteiger partial charge in [-0.1, -0.05) is 98.8 Å². The molecule has 2 fully saturated rings. The van der Waals surface area contributed by atoms with Crippen LogP contribution in [0.5, 0.6) is 0 Å². The van der Waals surface area contributed by atoms with Crippen molar-refractivity contribution in [2.45, 2.75) is 125 Å². The number of carboxylic acids is 4. The van der Waals surface area contributed by atoms with E-state index in [4.69, 9.17) is 0 Å². The maximum atomic E-state index is 13.7. The van der Waals surface area contributed by atoms with E-state index in [1.807, 2.05) is 0 Å². The molecule has 8 aromatic carbocycles. The van der Waals surface area contributed by atoms with E-state index >= 15 is 0 Å². The number of sulfonamides is 2. The molecule has 0 saturated heterocycles. The summed E-state index contributed by atoms with van der Waals surface area (Å²) in [5.41, 5.74) is 0.243. The van der Waals surface area contributed by atoms with E-state index in [0.29, 0.717) is 101 Å². The van der Waals surface area contributed by atoms with Gasteiger partial charge in [0.2, 0.25) is 20.0 Å². The fourth-order valence-electron chi connectivity index (χ4n) is 12.9. The first-order valence-electron chi connectivity index (χ1n) is 34.3. The molecule has 0 atom stereocenters. The van der Waals surface area contributed by atoms with E-state index in [1.165, 1.54) is 69.3 Å². The van der Waals surface area contributed by atoms with Crippen LogP contribution < -0.4 is 134 Å². The normalized spacial score (nSPS) is 15.8. The Bertz CT molecular complexity index is 4580. The second-order valence-corrected chi connectivity index (χ2v) is 29.6. The summed E-state index contributed by atoms with van der Waals surface area (Å²) in [6.45, 7) is 3.54. The molecule has 0 aliphatic heterocycles. The summed E-state index contributed by atoms with van der Waals surface area (Å²) in [5, 5.41) is 50.6. The summed E-state index contributed by atoms with van der Waals surface area (Å²) in [5.74, 6) is -9.09. The maximum absolute atomic E-state index is 13.7. The van der Waals surface area contributed by atoms with Crippen LogP contribution in [0.15, 0.2) is 192 Å².